The number of benzene rings is 4. The summed E-state index contributed by atoms with van der Waals surface area (Å²) < 4.78 is 0. The number of anilines is 3. The van der Waals surface area contributed by atoms with Crippen LogP contribution in [-0.2, 0) is 17.4 Å². The van der Waals surface area contributed by atoms with Crippen LogP contribution in [-0.4, -0.2) is 5.11 Å². The standard InChI is InChI=1S/C31H29NO/c1-30(2)24-12-8-9-13-28(24)32(21-10-6-5-7-11-21)29-18-26-23(17-27(29)30)22-15-14-20(19-33)16-25(22)31(26,3)4/h5-18,33H,19H2,1-4H3. The van der Waals surface area contributed by atoms with Crippen LogP contribution in [0.15, 0.2) is 84.9 Å². The lowest BCUT2D eigenvalue weighted by molar-refractivity contribution is 0.281. The Kier molecular flexibility index (Phi) is 4.19. The zero-order chi connectivity index (χ0) is 23.0. The number of rotatable bonds is 2. The molecule has 4 aromatic carbocycles. The molecule has 0 amide bonds. The van der Waals surface area contributed by atoms with Crippen LogP contribution in [0.5, 0.6) is 0 Å². The first-order chi connectivity index (χ1) is 15.8. The van der Waals surface area contributed by atoms with Gasteiger partial charge in [-0.3, -0.25) is 0 Å². The largest absolute Gasteiger partial charge is 0.392 e. The predicted octanol–water partition coefficient (Wildman–Crippen LogP) is 7.59. The predicted molar refractivity (Wildman–Crippen MR) is 137 cm³/mol. The molecule has 0 atom stereocenters. The molecule has 2 nitrogen and oxygen atoms in total. The van der Waals surface area contributed by atoms with Crippen LogP contribution in [0, 0.1) is 0 Å². The van der Waals surface area contributed by atoms with Gasteiger partial charge < -0.3 is 10.0 Å². The van der Waals surface area contributed by atoms with E-state index in [9.17, 15) is 5.11 Å². The van der Waals surface area contributed by atoms with Crippen molar-refractivity contribution in [1.82, 2.24) is 0 Å². The molecule has 0 radical (unpaired) electrons. The minimum Gasteiger partial charge on any atom is -0.392 e. The third-order valence-corrected chi connectivity index (χ3v) is 7.79. The quantitative estimate of drug-likeness (QED) is 0.353. The molecule has 1 aliphatic carbocycles. The molecule has 164 valence electrons. The topological polar surface area (TPSA) is 23.5 Å². The van der Waals surface area contributed by atoms with Crippen LogP contribution < -0.4 is 4.90 Å². The van der Waals surface area contributed by atoms with Gasteiger partial charge in [-0.1, -0.05) is 82.3 Å². The van der Waals surface area contributed by atoms with Crippen molar-refractivity contribution in [3.63, 3.8) is 0 Å². The average Bonchev–Trinajstić information content (AvgIpc) is 3.05. The second kappa shape index (κ2) is 6.82. The van der Waals surface area contributed by atoms with Crippen LogP contribution in [0.3, 0.4) is 0 Å². The Labute approximate surface area is 196 Å². The Balaban J connectivity index is 1.67. The van der Waals surface area contributed by atoms with Crippen LogP contribution in [0.2, 0.25) is 0 Å². The summed E-state index contributed by atoms with van der Waals surface area (Å²) in [5, 5.41) is 9.75. The lowest BCUT2D eigenvalue weighted by atomic mass is 9.72. The Morgan fingerprint density at radius 2 is 1.27 bits per heavy atom. The smallest absolute Gasteiger partial charge is 0.0681 e. The van der Waals surface area contributed by atoms with Gasteiger partial charge in [0.25, 0.3) is 0 Å². The molecule has 0 bridgehead atoms. The van der Waals surface area contributed by atoms with E-state index in [4.69, 9.17) is 0 Å². The Morgan fingerprint density at radius 3 is 2.03 bits per heavy atom. The fraction of sp³-hybridized carbons (Fsp3) is 0.226. The molecule has 2 aliphatic rings. The fourth-order valence-electron chi connectivity index (χ4n) is 5.93. The van der Waals surface area contributed by atoms with Crippen LogP contribution in [0.4, 0.5) is 17.1 Å². The number of fused-ring (bicyclic) bond motifs is 5. The minimum atomic E-state index is -0.131. The molecule has 1 aliphatic heterocycles. The maximum Gasteiger partial charge on any atom is 0.0681 e. The molecule has 6 rings (SSSR count). The summed E-state index contributed by atoms with van der Waals surface area (Å²) in [5.41, 5.74) is 12.3. The number of aliphatic hydroxyl groups excluding tert-OH is 1. The zero-order valence-corrected chi connectivity index (χ0v) is 19.7. The van der Waals surface area contributed by atoms with Crippen LogP contribution >= 0.6 is 0 Å². The number of nitrogens with zero attached hydrogens (tertiary/aromatic N) is 1. The van der Waals surface area contributed by atoms with Gasteiger partial charge in [-0.15, -0.1) is 0 Å². The molecule has 0 aromatic heterocycles. The maximum absolute atomic E-state index is 9.75. The Morgan fingerprint density at radius 1 is 0.606 bits per heavy atom. The highest BCUT2D eigenvalue weighted by Gasteiger charge is 2.42. The van der Waals surface area contributed by atoms with Crippen molar-refractivity contribution in [2.75, 3.05) is 4.90 Å². The minimum absolute atomic E-state index is 0.0698. The molecule has 0 unspecified atom stereocenters. The molecule has 1 heterocycles. The van der Waals surface area contributed by atoms with E-state index in [1.54, 1.807) is 0 Å². The van der Waals surface area contributed by atoms with Gasteiger partial charge in [0.1, 0.15) is 0 Å². The van der Waals surface area contributed by atoms with Crippen molar-refractivity contribution in [2.45, 2.75) is 45.1 Å². The third-order valence-electron chi connectivity index (χ3n) is 7.79. The molecule has 1 N–H and O–H groups in total. The van der Waals surface area contributed by atoms with Crippen molar-refractivity contribution in [2.24, 2.45) is 0 Å². The lowest BCUT2D eigenvalue weighted by Crippen LogP contribution is -2.31. The van der Waals surface area contributed by atoms with Crippen molar-refractivity contribution in [3.8, 4) is 11.1 Å². The van der Waals surface area contributed by atoms with E-state index < -0.39 is 0 Å². The average molecular weight is 432 g/mol. The third kappa shape index (κ3) is 2.71. The van der Waals surface area contributed by atoms with Crippen molar-refractivity contribution in [3.05, 3.63) is 113 Å². The fourth-order valence-corrected chi connectivity index (χ4v) is 5.93. The molecule has 33 heavy (non-hydrogen) atoms. The first kappa shape index (κ1) is 20.3. The van der Waals surface area contributed by atoms with Crippen molar-refractivity contribution < 1.29 is 5.11 Å². The first-order valence-electron chi connectivity index (χ1n) is 11.7. The van der Waals surface area contributed by atoms with E-state index in [-0.39, 0.29) is 17.4 Å². The van der Waals surface area contributed by atoms with Gasteiger partial charge in [0.15, 0.2) is 0 Å². The number of aliphatic hydroxyl groups is 1. The second-order valence-corrected chi connectivity index (χ2v) is 10.4. The highest BCUT2D eigenvalue weighted by Crippen LogP contribution is 2.57. The normalized spacial score (nSPS) is 16.6. The molecule has 4 aromatic rings. The van der Waals surface area contributed by atoms with Gasteiger partial charge in [0, 0.05) is 16.5 Å². The molecular weight excluding hydrogens is 402 g/mol. The molecule has 0 saturated carbocycles. The summed E-state index contributed by atoms with van der Waals surface area (Å²) in [6.07, 6.45) is 0. The molecule has 2 heteroatoms. The number of para-hydroxylation sites is 2. The van der Waals surface area contributed by atoms with Gasteiger partial charge in [-0.2, -0.15) is 0 Å². The summed E-state index contributed by atoms with van der Waals surface area (Å²) in [6, 6.07) is 30.8. The van der Waals surface area contributed by atoms with Gasteiger partial charge in [-0.25, -0.2) is 0 Å². The van der Waals surface area contributed by atoms with Crippen LogP contribution in [0.25, 0.3) is 11.1 Å². The van der Waals surface area contributed by atoms with Crippen molar-refractivity contribution >= 4 is 17.1 Å². The van der Waals surface area contributed by atoms with E-state index in [1.807, 2.05) is 0 Å². The molecule has 0 saturated heterocycles. The zero-order valence-electron chi connectivity index (χ0n) is 19.7. The Hall–Kier alpha value is -3.36. The SMILES string of the molecule is CC1(C)c2cc(CO)ccc2-c2cc3c(cc21)N(c1ccccc1)c1ccccc1C3(C)C. The molecular formula is C31H29NO. The van der Waals surface area contributed by atoms with Gasteiger partial charge in [-0.05, 0) is 69.3 Å². The summed E-state index contributed by atoms with van der Waals surface area (Å²) in [5.74, 6) is 0. The summed E-state index contributed by atoms with van der Waals surface area (Å²) in [6.45, 7) is 9.37. The summed E-state index contributed by atoms with van der Waals surface area (Å²) >= 11 is 0. The highest BCUT2D eigenvalue weighted by atomic mass is 16.3. The monoisotopic (exact) mass is 431 g/mol. The van der Waals surface area contributed by atoms with E-state index in [0.717, 1.165) is 5.56 Å². The highest BCUT2D eigenvalue weighted by molar-refractivity contribution is 5.91. The molecule has 0 spiro atoms. The van der Waals surface area contributed by atoms with E-state index in [2.05, 4.69) is 118 Å². The summed E-state index contributed by atoms with van der Waals surface area (Å²) in [4.78, 5) is 2.43. The van der Waals surface area contributed by atoms with Gasteiger partial charge in [0.05, 0.1) is 18.0 Å². The van der Waals surface area contributed by atoms with Crippen molar-refractivity contribution in [1.29, 1.82) is 0 Å². The lowest BCUT2D eigenvalue weighted by Gasteiger charge is -2.42. The van der Waals surface area contributed by atoms with Crippen LogP contribution in [0.1, 0.15) is 55.5 Å². The van der Waals surface area contributed by atoms with Gasteiger partial charge >= 0.3 is 0 Å². The first-order valence-corrected chi connectivity index (χ1v) is 11.7. The summed E-state index contributed by atoms with van der Waals surface area (Å²) in [7, 11) is 0. The Bertz CT molecular complexity index is 1400. The van der Waals surface area contributed by atoms with Gasteiger partial charge in [0.2, 0.25) is 0 Å². The van der Waals surface area contributed by atoms with E-state index in [1.165, 1.54) is 50.4 Å². The van der Waals surface area contributed by atoms with E-state index >= 15 is 0 Å². The second-order valence-electron chi connectivity index (χ2n) is 10.4. The van der Waals surface area contributed by atoms with E-state index in [0.29, 0.717) is 0 Å². The number of hydrogen-bond donors (Lipinski definition) is 1. The maximum atomic E-state index is 9.75. The number of hydrogen-bond acceptors (Lipinski definition) is 2. The molecule has 0 fully saturated rings.